The number of hydrogen-bond acceptors (Lipinski definition) is 5. The van der Waals surface area contributed by atoms with E-state index in [9.17, 15) is 9.90 Å². The van der Waals surface area contributed by atoms with Gasteiger partial charge in [0, 0.05) is 32.3 Å². The van der Waals surface area contributed by atoms with Crippen LogP contribution in [0, 0.1) is 0 Å². The zero-order chi connectivity index (χ0) is 17.1. The molecule has 0 radical (unpaired) electrons. The first-order valence-corrected chi connectivity index (χ1v) is 8.48. The molecule has 0 aliphatic carbocycles. The highest BCUT2D eigenvalue weighted by atomic mass is 16.5. The predicted octanol–water partition coefficient (Wildman–Crippen LogP) is 1.02. The largest absolute Gasteiger partial charge is 0.389 e. The second-order valence-electron chi connectivity index (χ2n) is 6.60. The lowest BCUT2D eigenvalue weighted by Crippen LogP contribution is -2.55. The first-order chi connectivity index (χ1) is 11.6. The van der Waals surface area contributed by atoms with Crippen molar-refractivity contribution in [3.63, 3.8) is 0 Å². The van der Waals surface area contributed by atoms with Gasteiger partial charge in [-0.05, 0) is 31.2 Å². The number of likely N-dealkylation sites (N-methyl/N-ethyl adjacent to an activating group) is 1. The highest BCUT2D eigenvalue weighted by molar-refractivity contribution is 5.95. The van der Waals surface area contributed by atoms with Crippen molar-refractivity contribution in [2.75, 3.05) is 38.8 Å². The van der Waals surface area contributed by atoms with E-state index in [2.05, 4.69) is 4.90 Å². The quantitative estimate of drug-likeness (QED) is 0.871. The Morgan fingerprint density at radius 2 is 2.08 bits per heavy atom. The summed E-state index contributed by atoms with van der Waals surface area (Å²) in [5.74, 6) is 0.202. The van der Waals surface area contributed by atoms with Gasteiger partial charge in [0.2, 0.25) is 5.91 Å². The number of benzene rings is 1. The Balaban J connectivity index is 1.62. The number of rotatable bonds is 5. The van der Waals surface area contributed by atoms with Crippen LogP contribution in [0.15, 0.2) is 24.3 Å². The van der Waals surface area contributed by atoms with Crippen LogP contribution in [0.25, 0.3) is 0 Å². The molecule has 0 saturated carbocycles. The molecule has 3 rings (SSSR count). The average molecular weight is 334 g/mol. The number of ether oxygens (including phenoxy) is 2. The van der Waals surface area contributed by atoms with Crippen LogP contribution in [0.3, 0.4) is 0 Å². The maximum Gasteiger partial charge on any atom is 0.227 e. The molecule has 6 heteroatoms. The van der Waals surface area contributed by atoms with E-state index in [0.29, 0.717) is 26.2 Å². The molecular formula is C18H26N2O4. The molecule has 2 fully saturated rings. The zero-order valence-corrected chi connectivity index (χ0v) is 14.4. The first-order valence-electron chi connectivity index (χ1n) is 8.48. The Morgan fingerprint density at radius 1 is 1.33 bits per heavy atom. The average Bonchev–Trinajstić information content (AvgIpc) is 3.02. The summed E-state index contributed by atoms with van der Waals surface area (Å²) in [6, 6.07) is 7.99. The molecule has 24 heavy (non-hydrogen) atoms. The van der Waals surface area contributed by atoms with Crippen LogP contribution >= 0.6 is 0 Å². The molecule has 1 N–H and O–H groups in total. The standard InChI is InChI=1S/C18H26N2O4/c1-19(15-11-24-12-16(23-2)18(15)22)10-13-5-7-14(8-6-13)20-9-3-4-17(20)21/h5-8,15-16,18,22H,3-4,9-12H2,1-2H3/t15-,16-,18+/m1/s1. The number of carbonyl (C=O) groups is 1. The van der Waals surface area contributed by atoms with Crippen LogP contribution in [0.2, 0.25) is 0 Å². The molecule has 6 nitrogen and oxygen atoms in total. The van der Waals surface area contributed by atoms with Crippen LogP contribution in [0.1, 0.15) is 18.4 Å². The number of carbonyl (C=O) groups excluding carboxylic acids is 1. The maximum absolute atomic E-state index is 11.8. The van der Waals surface area contributed by atoms with Crippen LogP contribution in [-0.2, 0) is 20.8 Å². The second-order valence-corrected chi connectivity index (χ2v) is 6.60. The Hall–Kier alpha value is -1.47. The summed E-state index contributed by atoms with van der Waals surface area (Å²) in [5, 5.41) is 10.4. The van der Waals surface area contributed by atoms with E-state index >= 15 is 0 Å². The van der Waals surface area contributed by atoms with Gasteiger partial charge in [0.05, 0.1) is 19.3 Å². The molecule has 0 aromatic heterocycles. The van der Waals surface area contributed by atoms with E-state index in [1.807, 2.05) is 36.2 Å². The van der Waals surface area contributed by atoms with E-state index in [1.54, 1.807) is 7.11 Å². The lowest BCUT2D eigenvalue weighted by molar-refractivity contribution is -0.142. The van der Waals surface area contributed by atoms with E-state index in [1.165, 1.54) is 0 Å². The molecule has 1 amide bonds. The minimum absolute atomic E-state index is 0.0939. The maximum atomic E-state index is 11.8. The summed E-state index contributed by atoms with van der Waals surface area (Å²) in [5.41, 5.74) is 2.10. The van der Waals surface area contributed by atoms with Gasteiger partial charge in [-0.1, -0.05) is 12.1 Å². The predicted molar refractivity (Wildman–Crippen MR) is 90.9 cm³/mol. The van der Waals surface area contributed by atoms with Gasteiger partial charge in [-0.2, -0.15) is 0 Å². The number of aliphatic hydroxyl groups is 1. The van der Waals surface area contributed by atoms with Crippen molar-refractivity contribution in [3.8, 4) is 0 Å². The summed E-state index contributed by atoms with van der Waals surface area (Å²) >= 11 is 0. The SMILES string of the molecule is CO[C@@H]1COC[C@@H](N(C)Cc2ccc(N3CCCC3=O)cc2)[C@@H]1O. The third kappa shape index (κ3) is 3.62. The van der Waals surface area contributed by atoms with Crippen molar-refractivity contribution in [1.82, 2.24) is 4.90 Å². The summed E-state index contributed by atoms with van der Waals surface area (Å²) in [7, 11) is 3.57. The van der Waals surface area contributed by atoms with E-state index in [0.717, 1.165) is 24.2 Å². The third-order valence-corrected chi connectivity index (χ3v) is 4.97. The highest BCUT2D eigenvalue weighted by Crippen LogP contribution is 2.23. The minimum atomic E-state index is -0.560. The lowest BCUT2D eigenvalue weighted by atomic mass is 10.0. The lowest BCUT2D eigenvalue weighted by Gasteiger charge is -2.39. The Labute approximate surface area is 143 Å². The van der Waals surface area contributed by atoms with Crippen LogP contribution in [0.5, 0.6) is 0 Å². The first kappa shape index (κ1) is 17.4. The van der Waals surface area contributed by atoms with E-state index in [4.69, 9.17) is 9.47 Å². The van der Waals surface area contributed by atoms with Crippen molar-refractivity contribution in [2.45, 2.75) is 37.6 Å². The minimum Gasteiger partial charge on any atom is -0.389 e. The Bertz CT molecular complexity index is 563. The number of nitrogens with zero attached hydrogens (tertiary/aromatic N) is 2. The van der Waals surface area contributed by atoms with Gasteiger partial charge >= 0.3 is 0 Å². The monoisotopic (exact) mass is 334 g/mol. The van der Waals surface area contributed by atoms with Crippen molar-refractivity contribution in [3.05, 3.63) is 29.8 Å². The van der Waals surface area contributed by atoms with E-state index in [-0.39, 0.29) is 18.1 Å². The van der Waals surface area contributed by atoms with E-state index < -0.39 is 6.10 Å². The Kier molecular flexibility index (Phi) is 5.50. The van der Waals surface area contributed by atoms with Crippen LogP contribution in [0.4, 0.5) is 5.69 Å². The molecule has 3 atom stereocenters. The number of aliphatic hydroxyl groups excluding tert-OH is 1. The molecule has 2 aliphatic heterocycles. The Morgan fingerprint density at radius 3 is 2.71 bits per heavy atom. The van der Waals surface area contributed by atoms with Gasteiger partial charge in [0.25, 0.3) is 0 Å². The molecule has 132 valence electrons. The van der Waals surface area contributed by atoms with Crippen molar-refractivity contribution < 1.29 is 19.4 Å². The number of amides is 1. The molecule has 2 heterocycles. The van der Waals surface area contributed by atoms with Gasteiger partial charge in [-0.15, -0.1) is 0 Å². The zero-order valence-electron chi connectivity index (χ0n) is 14.4. The van der Waals surface area contributed by atoms with Crippen molar-refractivity contribution in [1.29, 1.82) is 0 Å². The summed E-state index contributed by atoms with van der Waals surface area (Å²) in [4.78, 5) is 15.7. The topological polar surface area (TPSA) is 62.2 Å². The number of anilines is 1. The van der Waals surface area contributed by atoms with Crippen molar-refractivity contribution >= 4 is 11.6 Å². The fourth-order valence-electron chi connectivity index (χ4n) is 3.45. The molecule has 1 aromatic carbocycles. The summed E-state index contributed by atoms with van der Waals surface area (Å²) in [6.07, 6.45) is 0.735. The van der Waals surface area contributed by atoms with Gasteiger partial charge in [0.1, 0.15) is 12.2 Å². The van der Waals surface area contributed by atoms with Gasteiger partial charge in [-0.3, -0.25) is 9.69 Å². The van der Waals surface area contributed by atoms with Gasteiger partial charge in [0.15, 0.2) is 0 Å². The fourth-order valence-corrected chi connectivity index (χ4v) is 3.45. The molecule has 0 unspecified atom stereocenters. The smallest absolute Gasteiger partial charge is 0.227 e. The molecule has 2 aliphatic rings. The molecule has 0 spiro atoms. The van der Waals surface area contributed by atoms with Crippen LogP contribution in [-0.4, -0.2) is 68.1 Å². The number of hydrogen-bond donors (Lipinski definition) is 1. The second kappa shape index (κ2) is 7.61. The summed E-state index contributed by atoms with van der Waals surface area (Å²) < 4.78 is 10.8. The molecule has 1 aromatic rings. The molecular weight excluding hydrogens is 308 g/mol. The fraction of sp³-hybridized carbons (Fsp3) is 0.611. The number of methoxy groups -OCH3 is 1. The molecule has 2 saturated heterocycles. The third-order valence-electron chi connectivity index (χ3n) is 4.97. The highest BCUT2D eigenvalue weighted by Gasteiger charge is 2.35. The van der Waals surface area contributed by atoms with Crippen LogP contribution < -0.4 is 4.90 Å². The van der Waals surface area contributed by atoms with Crippen molar-refractivity contribution in [2.24, 2.45) is 0 Å². The van der Waals surface area contributed by atoms with Gasteiger partial charge < -0.3 is 19.5 Å². The summed E-state index contributed by atoms with van der Waals surface area (Å²) in [6.45, 7) is 2.44. The molecule has 0 bridgehead atoms. The normalized spacial score (nSPS) is 27.9. The van der Waals surface area contributed by atoms with Gasteiger partial charge in [-0.25, -0.2) is 0 Å².